The van der Waals surface area contributed by atoms with Gasteiger partial charge in [-0.15, -0.1) is 0 Å². The van der Waals surface area contributed by atoms with Crippen LogP contribution in [0.5, 0.6) is 0 Å². The van der Waals surface area contributed by atoms with Gasteiger partial charge in [-0.1, -0.05) is 6.07 Å². The summed E-state index contributed by atoms with van der Waals surface area (Å²) in [6, 6.07) is 14.4. The normalized spacial score (nSPS) is 15.4. The van der Waals surface area contributed by atoms with Crippen molar-refractivity contribution in [2.75, 3.05) is 24.4 Å². The maximum absolute atomic E-state index is 13.1. The molecule has 1 aliphatic heterocycles. The predicted octanol–water partition coefficient (Wildman–Crippen LogP) is 3.79. The van der Waals surface area contributed by atoms with E-state index in [4.69, 9.17) is 4.42 Å². The topological polar surface area (TPSA) is 91.7 Å². The second kappa shape index (κ2) is 9.54. The SMILES string of the molecule is O=C(NC[C@@H](c1ccco1)N1CCCC1)c1cccc(S(=O)(=O)Nc2ccc(F)cc2)c1. The molecule has 168 valence electrons. The molecule has 32 heavy (non-hydrogen) atoms. The van der Waals surface area contributed by atoms with E-state index in [0.29, 0.717) is 6.54 Å². The van der Waals surface area contributed by atoms with Crippen LogP contribution in [0.3, 0.4) is 0 Å². The maximum atomic E-state index is 13.1. The van der Waals surface area contributed by atoms with Crippen molar-refractivity contribution < 1.29 is 22.0 Å². The van der Waals surface area contributed by atoms with Crippen LogP contribution in [0.25, 0.3) is 0 Å². The molecule has 7 nitrogen and oxygen atoms in total. The summed E-state index contributed by atoms with van der Waals surface area (Å²) in [4.78, 5) is 15.0. The van der Waals surface area contributed by atoms with Gasteiger partial charge in [0.1, 0.15) is 11.6 Å². The third-order valence-electron chi connectivity index (χ3n) is 5.41. The average Bonchev–Trinajstić information content (AvgIpc) is 3.50. The van der Waals surface area contributed by atoms with E-state index in [9.17, 15) is 17.6 Å². The minimum Gasteiger partial charge on any atom is -0.468 e. The highest BCUT2D eigenvalue weighted by molar-refractivity contribution is 7.92. The summed E-state index contributed by atoms with van der Waals surface area (Å²) < 4.78 is 46.4. The first-order valence-corrected chi connectivity index (χ1v) is 11.8. The van der Waals surface area contributed by atoms with Crippen molar-refractivity contribution in [3.63, 3.8) is 0 Å². The van der Waals surface area contributed by atoms with Gasteiger partial charge in [-0.2, -0.15) is 0 Å². The summed E-state index contributed by atoms with van der Waals surface area (Å²) in [5.74, 6) is -0.0555. The number of hydrogen-bond acceptors (Lipinski definition) is 5. The molecule has 3 aromatic rings. The van der Waals surface area contributed by atoms with E-state index >= 15 is 0 Å². The minimum absolute atomic E-state index is 0.0587. The number of carbonyl (C=O) groups excluding carboxylic acids is 1. The van der Waals surface area contributed by atoms with E-state index in [1.54, 1.807) is 12.3 Å². The molecule has 1 amide bonds. The molecular weight excluding hydrogens is 433 g/mol. The molecule has 1 atom stereocenters. The van der Waals surface area contributed by atoms with E-state index in [-0.39, 0.29) is 28.1 Å². The Kier molecular flexibility index (Phi) is 6.57. The summed E-state index contributed by atoms with van der Waals surface area (Å²) in [6.07, 6.45) is 3.82. The van der Waals surface area contributed by atoms with Crippen molar-refractivity contribution in [2.24, 2.45) is 0 Å². The Balaban J connectivity index is 1.46. The molecule has 0 spiro atoms. The highest BCUT2D eigenvalue weighted by atomic mass is 32.2. The zero-order valence-electron chi connectivity index (χ0n) is 17.3. The molecule has 9 heteroatoms. The van der Waals surface area contributed by atoms with Crippen LogP contribution in [0.2, 0.25) is 0 Å². The minimum atomic E-state index is -3.94. The fraction of sp³-hybridized carbons (Fsp3) is 0.261. The van der Waals surface area contributed by atoms with Gasteiger partial charge in [0.2, 0.25) is 0 Å². The molecule has 0 unspecified atom stereocenters. The van der Waals surface area contributed by atoms with E-state index in [1.807, 2.05) is 12.1 Å². The van der Waals surface area contributed by atoms with Crippen LogP contribution in [-0.2, 0) is 10.0 Å². The van der Waals surface area contributed by atoms with Crippen molar-refractivity contribution in [3.8, 4) is 0 Å². The van der Waals surface area contributed by atoms with Crippen molar-refractivity contribution in [1.82, 2.24) is 10.2 Å². The van der Waals surface area contributed by atoms with Crippen molar-refractivity contribution in [2.45, 2.75) is 23.8 Å². The molecular formula is C23H24FN3O4S. The lowest BCUT2D eigenvalue weighted by molar-refractivity contribution is 0.0933. The van der Waals surface area contributed by atoms with E-state index in [2.05, 4.69) is 14.9 Å². The fourth-order valence-corrected chi connectivity index (χ4v) is 4.88. The average molecular weight is 458 g/mol. The molecule has 2 aromatic carbocycles. The van der Waals surface area contributed by atoms with Crippen molar-refractivity contribution in [3.05, 3.63) is 84.1 Å². The number of rotatable bonds is 8. The predicted molar refractivity (Wildman–Crippen MR) is 118 cm³/mol. The quantitative estimate of drug-likeness (QED) is 0.537. The van der Waals surface area contributed by atoms with Gasteiger partial charge in [0.15, 0.2) is 0 Å². The number of likely N-dealkylation sites (tertiary alicyclic amines) is 1. The number of anilines is 1. The number of benzene rings is 2. The monoisotopic (exact) mass is 457 g/mol. The van der Waals surface area contributed by atoms with Gasteiger partial charge in [0.25, 0.3) is 15.9 Å². The summed E-state index contributed by atoms with van der Waals surface area (Å²) in [5.41, 5.74) is 0.458. The van der Waals surface area contributed by atoms with Gasteiger partial charge in [0.05, 0.1) is 17.2 Å². The second-order valence-corrected chi connectivity index (χ2v) is 9.31. The molecule has 2 heterocycles. The van der Waals surface area contributed by atoms with Crippen molar-refractivity contribution in [1.29, 1.82) is 0 Å². The highest BCUT2D eigenvalue weighted by Gasteiger charge is 2.26. The number of furan rings is 1. The summed E-state index contributed by atoms with van der Waals surface area (Å²) in [7, 11) is -3.94. The first-order valence-electron chi connectivity index (χ1n) is 10.4. The van der Waals surface area contributed by atoms with Crippen LogP contribution in [0.4, 0.5) is 10.1 Å². The zero-order chi connectivity index (χ0) is 22.6. The van der Waals surface area contributed by atoms with Gasteiger partial charge < -0.3 is 9.73 Å². The Morgan fingerprint density at radius 1 is 1.06 bits per heavy atom. The molecule has 0 radical (unpaired) electrons. The standard InChI is InChI=1S/C23H24FN3O4S/c24-18-8-10-19(11-9-18)26-32(29,30)20-6-3-5-17(15-20)23(28)25-16-21(22-7-4-14-31-22)27-12-1-2-13-27/h3-11,14-15,21,26H,1-2,12-13,16H2,(H,25,28)/t21-/m0/s1. The van der Waals surface area contributed by atoms with E-state index < -0.39 is 15.8 Å². The van der Waals surface area contributed by atoms with Crippen LogP contribution in [-0.4, -0.2) is 38.9 Å². The number of halogens is 1. The molecule has 1 aliphatic rings. The molecule has 1 fully saturated rings. The van der Waals surface area contributed by atoms with E-state index in [1.165, 1.54) is 30.3 Å². The Bertz CT molecular complexity index is 1160. The molecule has 0 bridgehead atoms. The summed E-state index contributed by atoms with van der Waals surface area (Å²) in [6.45, 7) is 2.21. The van der Waals surface area contributed by atoms with Crippen LogP contribution in [0.15, 0.2) is 76.2 Å². The Morgan fingerprint density at radius 3 is 2.50 bits per heavy atom. The number of carbonyl (C=O) groups is 1. The molecule has 1 saturated heterocycles. The maximum Gasteiger partial charge on any atom is 0.261 e. The summed E-state index contributed by atoms with van der Waals surface area (Å²) in [5, 5.41) is 2.90. The van der Waals surface area contributed by atoms with Crippen LogP contribution in [0, 0.1) is 5.82 Å². The Morgan fingerprint density at radius 2 is 1.81 bits per heavy atom. The van der Waals surface area contributed by atoms with Crippen LogP contribution < -0.4 is 10.0 Å². The van der Waals surface area contributed by atoms with Gasteiger partial charge in [0, 0.05) is 17.8 Å². The lowest BCUT2D eigenvalue weighted by Crippen LogP contribution is -2.36. The fourth-order valence-electron chi connectivity index (χ4n) is 3.77. The molecule has 1 aromatic heterocycles. The molecule has 0 aliphatic carbocycles. The van der Waals surface area contributed by atoms with Crippen molar-refractivity contribution >= 4 is 21.6 Å². The first kappa shape index (κ1) is 22.0. The largest absolute Gasteiger partial charge is 0.468 e. The van der Waals surface area contributed by atoms with Gasteiger partial charge in [-0.05, 0) is 80.5 Å². The number of sulfonamides is 1. The lowest BCUT2D eigenvalue weighted by Gasteiger charge is -2.26. The van der Waals surface area contributed by atoms with E-state index in [0.717, 1.165) is 43.8 Å². The Hall–Kier alpha value is -3.17. The van der Waals surface area contributed by atoms with Gasteiger partial charge in [-0.25, -0.2) is 12.8 Å². The third-order valence-corrected chi connectivity index (χ3v) is 6.79. The zero-order valence-corrected chi connectivity index (χ0v) is 18.1. The number of nitrogens with one attached hydrogen (secondary N) is 2. The summed E-state index contributed by atoms with van der Waals surface area (Å²) >= 11 is 0. The lowest BCUT2D eigenvalue weighted by atomic mass is 10.1. The number of nitrogens with zero attached hydrogens (tertiary/aromatic N) is 1. The van der Waals surface area contributed by atoms with Crippen LogP contribution >= 0.6 is 0 Å². The second-order valence-electron chi connectivity index (χ2n) is 7.62. The molecule has 0 saturated carbocycles. The first-order chi connectivity index (χ1) is 15.4. The smallest absolute Gasteiger partial charge is 0.261 e. The number of hydrogen-bond donors (Lipinski definition) is 2. The number of amides is 1. The highest BCUT2D eigenvalue weighted by Crippen LogP contribution is 2.25. The Labute approximate surface area is 186 Å². The molecule has 2 N–H and O–H groups in total. The third kappa shape index (κ3) is 5.17. The van der Waals surface area contributed by atoms with Gasteiger partial charge >= 0.3 is 0 Å². The van der Waals surface area contributed by atoms with Gasteiger partial charge in [-0.3, -0.25) is 14.4 Å². The van der Waals surface area contributed by atoms with Crippen LogP contribution in [0.1, 0.15) is 35.0 Å². The molecule has 4 rings (SSSR count).